The number of nitrogens with zero attached hydrogens (tertiary/aromatic N) is 2. The number of carbonyl (C=O) groups is 1. The highest BCUT2D eigenvalue weighted by Crippen LogP contribution is 2.20. The first-order valence-electron chi connectivity index (χ1n) is 8.64. The topological polar surface area (TPSA) is 79.8 Å². The van der Waals surface area contributed by atoms with E-state index < -0.39 is 0 Å². The van der Waals surface area contributed by atoms with Crippen molar-refractivity contribution in [3.8, 4) is 0 Å². The summed E-state index contributed by atoms with van der Waals surface area (Å²) in [6.45, 7) is 6.34. The lowest BCUT2D eigenvalue weighted by molar-refractivity contribution is -0.113. The van der Waals surface area contributed by atoms with E-state index >= 15 is 0 Å². The molecule has 0 aliphatic rings. The molecule has 3 rings (SSSR count). The van der Waals surface area contributed by atoms with Crippen molar-refractivity contribution in [2.75, 3.05) is 11.1 Å². The number of nitrogens with one attached hydrogen (secondary N) is 2. The highest BCUT2D eigenvalue weighted by molar-refractivity contribution is 7.99. The summed E-state index contributed by atoms with van der Waals surface area (Å²) in [4.78, 5) is 32.6. The first-order chi connectivity index (χ1) is 12.5. The standard InChI is InChI=1S/C19H22N4O2S/c1-4-13-8-6-7-9-14(13)21-16(24)11-26-19-22-15-10-12(3)20-17(15)18(25)23(19)5-2/h6-10,20H,4-5,11H2,1-3H3,(H,21,24). The van der Waals surface area contributed by atoms with Gasteiger partial charge in [-0.15, -0.1) is 0 Å². The minimum atomic E-state index is -0.113. The fraction of sp³-hybridized carbons (Fsp3) is 0.316. The largest absolute Gasteiger partial charge is 0.353 e. The van der Waals surface area contributed by atoms with Gasteiger partial charge in [-0.3, -0.25) is 14.2 Å². The predicted octanol–water partition coefficient (Wildman–Crippen LogP) is 3.35. The van der Waals surface area contributed by atoms with Gasteiger partial charge in [-0.25, -0.2) is 4.98 Å². The number of hydrogen-bond donors (Lipinski definition) is 2. The Labute approximate surface area is 156 Å². The van der Waals surface area contributed by atoms with Crippen molar-refractivity contribution in [3.05, 3.63) is 51.9 Å². The fourth-order valence-corrected chi connectivity index (χ4v) is 3.73. The lowest BCUT2D eigenvalue weighted by Crippen LogP contribution is -2.23. The molecule has 1 aromatic carbocycles. The maximum absolute atomic E-state index is 12.6. The third-order valence-corrected chi connectivity index (χ3v) is 5.13. The summed E-state index contributed by atoms with van der Waals surface area (Å²) in [5.41, 5.74) is 3.86. The zero-order valence-corrected chi connectivity index (χ0v) is 15.9. The van der Waals surface area contributed by atoms with Crippen molar-refractivity contribution >= 4 is 34.4 Å². The Hall–Kier alpha value is -2.54. The van der Waals surface area contributed by atoms with Gasteiger partial charge in [-0.05, 0) is 38.0 Å². The summed E-state index contributed by atoms with van der Waals surface area (Å²) in [5, 5.41) is 3.50. The highest BCUT2D eigenvalue weighted by Gasteiger charge is 2.14. The molecule has 0 bridgehead atoms. The van der Waals surface area contributed by atoms with E-state index in [2.05, 4.69) is 22.2 Å². The van der Waals surface area contributed by atoms with Crippen LogP contribution in [0.5, 0.6) is 0 Å². The van der Waals surface area contributed by atoms with Crippen LogP contribution in [0.1, 0.15) is 25.1 Å². The number of hydrogen-bond acceptors (Lipinski definition) is 4. The minimum Gasteiger partial charge on any atom is -0.353 e. The zero-order valence-electron chi connectivity index (χ0n) is 15.1. The Kier molecular flexibility index (Phi) is 5.46. The molecule has 7 heteroatoms. The number of fused-ring (bicyclic) bond motifs is 1. The number of amides is 1. The Bertz CT molecular complexity index is 1010. The molecule has 0 fully saturated rings. The summed E-state index contributed by atoms with van der Waals surface area (Å²) < 4.78 is 1.59. The number of thioether (sulfide) groups is 1. The molecule has 0 atom stereocenters. The fourth-order valence-electron chi connectivity index (χ4n) is 2.87. The maximum atomic E-state index is 12.6. The first kappa shape index (κ1) is 18.3. The predicted molar refractivity (Wildman–Crippen MR) is 106 cm³/mol. The average molecular weight is 370 g/mol. The molecule has 0 radical (unpaired) electrons. The zero-order chi connectivity index (χ0) is 18.7. The number of anilines is 1. The molecule has 2 aromatic heterocycles. The molecule has 0 unspecified atom stereocenters. The summed E-state index contributed by atoms with van der Waals surface area (Å²) in [7, 11) is 0. The van der Waals surface area contributed by atoms with E-state index in [0.29, 0.717) is 22.7 Å². The quantitative estimate of drug-likeness (QED) is 0.515. The van der Waals surface area contributed by atoms with Crippen LogP contribution >= 0.6 is 11.8 Å². The first-order valence-corrected chi connectivity index (χ1v) is 9.62. The number of aryl methyl sites for hydroxylation is 2. The van der Waals surface area contributed by atoms with Crippen LogP contribution in [0.15, 0.2) is 40.3 Å². The van der Waals surface area contributed by atoms with Crippen molar-refractivity contribution in [1.82, 2.24) is 14.5 Å². The molecule has 0 saturated carbocycles. The SMILES string of the molecule is CCc1ccccc1NC(=O)CSc1nc2cc(C)[nH]c2c(=O)n1CC. The van der Waals surface area contributed by atoms with Crippen LogP contribution in [0.4, 0.5) is 5.69 Å². The summed E-state index contributed by atoms with van der Waals surface area (Å²) in [5.74, 6) is 0.0810. The third kappa shape index (κ3) is 3.67. The molecule has 6 nitrogen and oxygen atoms in total. The Balaban J connectivity index is 1.78. The van der Waals surface area contributed by atoms with E-state index in [-0.39, 0.29) is 17.2 Å². The second kappa shape index (κ2) is 7.78. The van der Waals surface area contributed by atoms with Gasteiger partial charge in [0, 0.05) is 17.9 Å². The summed E-state index contributed by atoms with van der Waals surface area (Å²) in [6.07, 6.45) is 0.851. The normalized spacial score (nSPS) is 11.0. The van der Waals surface area contributed by atoms with Gasteiger partial charge >= 0.3 is 0 Å². The van der Waals surface area contributed by atoms with Gasteiger partial charge in [0.2, 0.25) is 5.91 Å². The van der Waals surface area contributed by atoms with Crippen LogP contribution in [0.3, 0.4) is 0 Å². The molecule has 1 amide bonds. The molecule has 0 aliphatic carbocycles. The van der Waals surface area contributed by atoms with Crippen molar-refractivity contribution in [2.45, 2.75) is 38.9 Å². The maximum Gasteiger partial charge on any atom is 0.278 e. The molecular formula is C19H22N4O2S. The Morgan fingerprint density at radius 2 is 2.08 bits per heavy atom. The van der Waals surface area contributed by atoms with Crippen molar-refractivity contribution < 1.29 is 4.79 Å². The van der Waals surface area contributed by atoms with Crippen LogP contribution in [0, 0.1) is 6.92 Å². The van der Waals surface area contributed by atoms with E-state index in [0.717, 1.165) is 23.4 Å². The molecule has 26 heavy (non-hydrogen) atoms. The second-order valence-electron chi connectivity index (χ2n) is 6.00. The van der Waals surface area contributed by atoms with Gasteiger partial charge in [0.1, 0.15) is 5.52 Å². The van der Waals surface area contributed by atoms with Gasteiger partial charge in [-0.2, -0.15) is 0 Å². The summed E-state index contributed by atoms with van der Waals surface area (Å²) >= 11 is 1.28. The number of aromatic nitrogens is 3. The number of rotatable bonds is 6. The minimum absolute atomic E-state index is 0.107. The van der Waals surface area contributed by atoms with Crippen LogP contribution in [0.25, 0.3) is 11.0 Å². The molecular weight excluding hydrogens is 348 g/mol. The second-order valence-corrected chi connectivity index (χ2v) is 6.95. The van der Waals surface area contributed by atoms with Crippen LogP contribution in [-0.4, -0.2) is 26.2 Å². The number of benzene rings is 1. The van der Waals surface area contributed by atoms with Gasteiger partial charge in [0.05, 0.1) is 11.3 Å². The molecule has 0 spiro atoms. The highest BCUT2D eigenvalue weighted by atomic mass is 32.2. The lowest BCUT2D eigenvalue weighted by Gasteiger charge is -2.11. The van der Waals surface area contributed by atoms with E-state index in [9.17, 15) is 9.59 Å². The smallest absolute Gasteiger partial charge is 0.278 e. The number of para-hydroxylation sites is 1. The van der Waals surface area contributed by atoms with Crippen LogP contribution < -0.4 is 10.9 Å². The summed E-state index contributed by atoms with van der Waals surface area (Å²) in [6, 6.07) is 9.61. The third-order valence-electron chi connectivity index (χ3n) is 4.16. The average Bonchev–Trinajstić information content (AvgIpc) is 3.01. The lowest BCUT2D eigenvalue weighted by atomic mass is 10.1. The molecule has 0 saturated heterocycles. The van der Waals surface area contributed by atoms with Crippen molar-refractivity contribution in [2.24, 2.45) is 0 Å². The molecule has 136 valence electrons. The van der Waals surface area contributed by atoms with Crippen molar-refractivity contribution in [1.29, 1.82) is 0 Å². The van der Waals surface area contributed by atoms with Crippen LogP contribution in [0.2, 0.25) is 0 Å². The van der Waals surface area contributed by atoms with E-state index in [1.807, 2.05) is 44.2 Å². The van der Waals surface area contributed by atoms with Gasteiger partial charge in [-0.1, -0.05) is 36.9 Å². The van der Waals surface area contributed by atoms with Gasteiger partial charge in [0.25, 0.3) is 5.56 Å². The van der Waals surface area contributed by atoms with Gasteiger partial charge in [0.15, 0.2) is 5.16 Å². The Morgan fingerprint density at radius 1 is 1.31 bits per heavy atom. The van der Waals surface area contributed by atoms with E-state index in [1.165, 1.54) is 11.8 Å². The molecule has 0 aliphatic heterocycles. The number of H-pyrrole nitrogens is 1. The van der Waals surface area contributed by atoms with Crippen molar-refractivity contribution in [3.63, 3.8) is 0 Å². The Morgan fingerprint density at radius 3 is 2.81 bits per heavy atom. The molecule has 2 heterocycles. The monoisotopic (exact) mass is 370 g/mol. The molecule has 2 N–H and O–H groups in total. The van der Waals surface area contributed by atoms with E-state index in [1.54, 1.807) is 4.57 Å². The van der Waals surface area contributed by atoms with Crippen LogP contribution in [-0.2, 0) is 17.8 Å². The molecule has 3 aromatic rings. The van der Waals surface area contributed by atoms with E-state index in [4.69, 9.17) is 0 Å². The van der Waals surface area contributed by atoms with Gasteiger partial charge < -0.3 is 10.3 Å². The number of carbonyl (C=O) groups excluding carboxylic acids is 1. The number of aromatic amines is 1.